The van der Waals surface area contributed by atoms with Crippen LogP contribution in [0.25, 0.3) is 6.08 Å². The zero-order chi connectivity index (χ0) is 18.2. The molecule has 130 valence electrons. The van der Waals surface area contributed by atoms with Crippen molar-refractivity contribution in [3.8, 4) is 0 Å². The lowest BCUT2D eigenvalue weighted by molar-refractivity contribution is -0.860. The Morgan fingerprint density at radius 2 is 1.80 bits per heavy atom. The van der Waals surface area contributed by atoms with Crippen LogP contribution < -0.4 is 10.2 Å². The van der Waals surface area contributed by atoms with E-state index in [-0.39, 0.29) is 17.6 Å². The summed E-state index contributed by atoms with van der Waals surface area (Å²) in [5.74, 6) is -0.284. The average molecular weight is 340 g/mol. The number of hydrogen-bond acceptors (Lipinski definition) is 3. The fourth-order valence-corrected chi connectivity index (χ4v) is 2.53. The van der Waals surface area contributed by atoms with Crippen molar-refractivity contribution in [2.45, 2.75) is 6.04 Å². The van der Waals surface area contributed by atoms with Crippen LogP contribution in [-0.2, 0) is 4.79 Å². The third-order valence-electron chi connectivity index (χ3n) is 3.68. The number of nitrogens with one attached hydrogen (secondary N) is 2. The van der Waals surface area contributed by atoms with Gasteiger partial charge in [-0.1, -0.05) is 42.5 Å². The van der Waals surface area contributed by atoms with Crippen molar-refractivity contribution in [3.05, 3.63) is 81.9 Å². The number of para-hydroxylation sites is 1. The second-order valence-corrected chi connectivity index (χ2v) is 6.03. The standard InChI is InChI=1S/C19H21N3O3/c1-21(2)14-17(15-8-4-3-5-9-15)20-19(23)13-12-16-10-6-7-11-18(16)22(24)25/h3-13,17H,14H2,1-2H3,(H,20,23)/p+1/b13-12+/t17-/m1/s1. The summed E-state index contributed by atoms with van der Waals surface area (Å²) in [6.45, 7) is 0.731. The minimum absolute atomic E-state index is 0.0242. The number of nitro benzene ring substituents is 1. The van der Waals surface area contributed by atoms with E-state index in [0.29, 0.717) is 5.56 Å². The van der Waals surface area contributed by atoms with Crippen LogP contribution in [0.5, 0.6) is 0 Å². The molecule has 0 fully saturated rings. The first kappa shape index (κ1) is 18.4. The molecule has 2 N–H and O–H groups in total. The lowest BCUT2D eigenvalue weighted by Crippen LogP contribution is -3.06. The van der Waals surface area contributed by atoms with Gasteiger partial charge in [-0.15, -0.1) is 0 Å². The van der Waals surface area contributed by atoms with Crippen molar-refractivity contribution in [1.29, 1.82) is 0 Å². The molecule has 6 heteroatoms. The Morgan fingerprint density at radius 1 is 1.16 bits per heavy atom. The molecule has 2 rings (SSSR count). The van der Waals surface area contributed by atoms with E-state index in [2.05, 4.69) is 5.32 Å². The van der Waals surface area contributed by atoms with Crippen molar-refractivity contribution >= 4 is 17.7 Å². The van der Waals surface area contributed by atoms with Crippen LogP contribution in [0.4, 0.5) is 5.69 Å². The zero-order valence-corrected chi connectivity index (χ0v) is 14.3. The molecular weight excluding hydrogens is 318 g/mol. The summed E-state index contributed by atoms with van der Waals surface area (Å²) < 4.78 is 0. The molecule has 0 heterocycles. The SMILES string of the molecule is C[NH+](C)C[C@@H](NC(=O)/C=C/c1ccccc1[N+](=O)[O-])c1ccccc1. The number of amides is 1. The number of quaternary nitrogens is 1. The van der Waals surface area contributed by atoms with E-state index in [9.17, 15) is 14.9 Å². The highest BCUT2D eigenvalue weighted by molar-refractivity contribution is 5.92. The maximum absolute atomic E-state index is 12.3. The second kappa shape index (κ2) is 8.75. The van der Waals surface area contributed by atoms with Crippen molar-refractivity contribution in [2.24, 2.45) is 0 Å². The van der Waals surface area contributed by atoms with Gasteiger partial charge in [-0.2, -0.15) is 0 Å². The molecule has 2 aromatic rings. The average Bonchev–Trinajstić information content (AvgIpc) is 2.60. The summed E-state index contributed by atoms with van der Waals surface area (Å²) in [6.07, 6.45) is 2.81. The zero-order valence-electron chi connectivity index (χ0n) is 14.3. The number of carbonyl (C=O) groups is 1. The van der Waals surface area contributed by atoms with E-state index in [1.807, 2.05) is 44.4 Å². The van der Waals surface area contributed by atoms with E-state index in [1.54, 1.807) is 18.2 Å². The summed E-state index contributed by atoms with van der Waals surface area (Å²) in [6, 6.07) is 15.9. The first-order valence-electron chi connectivity index (χ1n) is 8.03. The number of carbonyl (C=O) groups excluding carboxylic acids is 1. The quantitative estimate of drug-likeness (QED) is 0.457. The van der Waals surface area contributed by atoms with Crippen LogP contribution in [0.3, 0.4) is 0 Å². The van der Waals surface area contributed by atoms with Gasteiger partial charge in [0.15, 0.2) is 0 Å². The van der Waals surface area contributed by atoms with Crippen LogP contribution in [0, 0.1) is 10.1 Å². The third kappa shape index (κ3) is 5.54. The second-order valence-electron chi connectivity index (χ2n) is 6.03. The van der Waals surface area contributed by atoms with Crippen molar-refractivity contribution < 1.29 is 14.6 Å². The molecule has 0 saturated carbocycles. The molecule has 25 heavy (non-hydrogen) atoms. The minimum Gasteiger partial charge on any atom is -0.340 e. The molecule has 0 aliphatic heterocycles. The first-order chi connectivity index (χ1) is 12.0. The van der Waals surface area contributed by atoms with E-state index in [1.165, 1.54) is 23.1 Å². The number of nitro groups is 1. The molecule has 0 bridgehead atoms. The molecule has 0 radical (unpaired) electrons. The molecule has 1 amide bonds. The van der Waals surface area contributed by atoms with Gasteiger partial charge >= 0.3 is 0 Å². The molecular formula is C19H22N3O3+. The molecule has 2 aromatic carbocycles. The molecule has 0 unspecified atom stereocenters. The molecule has 0 aliphatic carbocycles. The Hall–Kier alpha value is -2.99. The summed E-state index contributed by atoms with van der Waals surface area (Å²) in [5, 5.41) is 14.0. The summed E-state index contributed by atoms with van der Waals surface area (Å²) in [7, 11) is 4.04. The Morgan fingerprint density at radius 3 is 2.44 bits per heavy atom. The topological polar surface area (TPSA) is 76.7 Å². The van der Waals surface area contributed by atoms with Gasteiger partial charge in [0, 0.05) is 12.1 Å². The Bertz CT molecular complexity index is 758. The van der Waals surface area contributed by atoms with E-state index >= 15 is 0 Å². The van der Waals surface area contributed by atoms with Crippen molar-refractivity contribution in [3.63, 3.8) is 0 Å². The minimum atomic E-state index is -0.459. The lowest BCUT2D eigenvalue weighted by atomic mass is 10.1. The van der Waals surface area contributed by atoms with Crippen molar-refractivity contribution in [2.75, 3.05) is 20.6 Å². The van der Waals surface area contributed by atoms with Gasteiger partial charge in [0.2, 0.25) is 5.91 Å². The number of benzene rings is 2. The molecule has 6 nitrogen and oxygen atoms in total. The maximum Gasteiger partial charge on any atom is 0.276 e. The first-order valence-corrected chi connectivity index (χ1v) is 8.03. The number of hydrogen-bond donors (Lipinski definition) is 2. The molecule has 0 aromatic heterocycles. The van der Waals surface area contributed by atoms with Crippen LogP contribution >= 0.6 is 0 Å². The third-order valence-corrected chi connectivity index (χ3v) is 3.68. The fourth-order valence-electron chi connectivity index (χ4n) is 2.53. The van der Waals surface area contributed by atoms with Gasteiger partial charge in [-0.05, 0) is 17.7 Å². The predicted molar refractivity (Wildman–Crippen MR) is 97.1 cm³/mol. The maximum atomic E-state index is 12.3. The largest absolute Gasteiger partial charge is 0.340 e. The molecule has 0 aliphatic rings. The predicted octanol–water partition coefficient (Wildman–Crippen LogP) is 1.61. The molecule has 0 saturated heterocycles. The van der Waals surface area contributed by atoms with Crippen LogP contribution in [0.2, 0.25) is 0 Å². The summed E-state index contributed by atoms with van der Waals surface area (Å²) >= 11 is 0. The summed E-state index contributed by atoms with van der Waals surface area (Å²) in [5.41, 5.74) is 1.40. The van der Waals surface area contributed by atoms with Gasteiger partial charge in [0.1, 0.15) is 12.6 Å². The van der Waals surface area contributed by atoms with Gasteiger partial charge < -0.3 is 10.2 Å². The van der Waals surface area contributed by atoms with E-state index < -0.39 is 4.92 Å². The molecule has 0 spiro atoms. The smallest absolute Gasteiger partial charge is 0.276 e. The fraction of sp³-hybridized carbons (Fsp3) is 0.211. The number of likely N-dealkylation sites (N-methyl/N-ethyl adjacent to an activating group) is 1. The van der Waals surface area contributed by atoms with Crippen LogP contribution in [-0.4, -0.2) is 31.5 Å². The highest BCUT2D eigenvalue weighted by Crippen LogP contribution is 2.19. The number of nitrogens with zero attached hydrogens (tertiary/aromatic N) is 1. The monoisotopic (exact) mass is 340 g/mol. The van der Waals surface area contributed by atoms with Crippen LogP contribution in [0.1, 0.15) is 17.2 Å². The van der Waals surface area contributed by atoms with Crippen molar-refractivity contribution in [1.82, 2.24) is 5.32 Å². The Kier molecular flexibility index (Phi) is 6.42. The normalized spacial score (nSPS) is 12.3. The van der Waals surface area contributed by atoms with Gasteiger partial charge in [-0.3, -0.25) is 14.9 Å². The Labute approximate surface area is 146 Å². The Balaban J connectivity index is 2.13. The van der Waals surface area contributed by atoms with Gasteiger partial charge in [0.05, 0.1) is 24.6 Å². The van der Waals surface area contributed by atoms with Gasteiger partial charge in [-0.25, -0.2) is 0 Å². The van der Waals surface area contributed by atoms with Gasteiger partial charge in [0.25, 0.3) is 5.69 Å². The van der Waals surface area contributed by atoms with E-state index in [0.717, 1.165) is 12.1 Å². The van der Waals surface area contributed by atoms with Crippen LogP contribution in [0.15, 0.2) is 60.7 Å². The highest BCUT2D eigenvalue weighted by atomic mass is 16.6. The number of rotatable bonds is 7. The molecule has 1 atom stereocenters. The lowest BCUT2D eigenvalue weighted by Gasteiger charge is -2.20. The van der Waals surface area contributed by atoms with E-state index in [4.69, 9.17) is 0 Å². The summed E-state index contributed by atoms with van der Waals surface area (Å²) in [4.78, 5) is 24.1. The highest BCUT2D eigenvalue weighted by Gasteiger charge is 2.16.